The van der Waals surface area contributed by atoms with E-state index >= 15 is 0 Å². The highest BCUT2D eigenvalue weighted by atomic mass is 35.5. The van der Waals surface area contributed by atoms with Crippen LogP contribution in [0.5, 0.6) is 0 Å². The fourth-order valence-corrected chi connectivity index (χ4v) is 2.54. The predicted octanol–water partition coefficient (Wildman–Crippen LogP) is 2.20. The first-order valence-electron chi connectivity index (χ1n) is 6.06. The van der Waals surface area contributed by atoms with Crippen molar-refractivity contribution < 1.29 is 5.11 Å². The van der Waals surface area contributed by atoms with Crippen LogP contribution in [-0.4, -0.2) is 29.3 Å². The van der Waals surface area contributed by atoms with Gasteiger partial charge in [-0.15, -0.1) is 24.8 Å². The lowest BCUT2D eigenvalue weighted by Gasteiger charge is -2.14. The van der Waals surface area contributed by atoms with Crippen LogP contribution in [0.3, 0.4) is 0 Å². The standard InChI is InChI=1S/C14H16N2O.2ClH/c17-14-9-15-8-11(14)7-10-5-6-16-13-4-2-1-3-12(10)13;;/h1-6,11,14-15,17H,7-9H2;2*1H/t11-,14-;;/m1../s1. The Morgan fingerprint density at radius 3 is 2.68 bits per heavy atom. The molecule has 0 amide bonds. The largest absolute Gasteiger partial charge is 0.391 e. The third-order valence-corrected chi connectivity index (χ3v) is 3.53. The minimum absolute atomic E-state index is 0. The normalized spacial score (nSPS) is 21.7. The van der Waals surface area contributed by atoms with E-state index in [0.29, 0.717) is 12.5 Å². The Bertz CT molecular complexity index is 530. The van der Waals surface area contributed by atoms with Crippen LogP contribution in [0, 0.1) is 5.92 Å². The summed E-state index contributed by atoms with van der Waals surface area (Å²) in [4.78, 5) is 4.36. The molecule has 0 bridgehead atoms. The zero-order valence-corrected chi connectivity index (χ0v) is 12.1. The van der Waals surface area contributed by atoms with E-state index < -0.39 is 0 Å². The number of hydrogen-bond donors (Lipinski definition) is 2. The van der Waals surface area contributed by atoms with Gasteiger partial charge in [-0.25, -0.2) is 0 Å². The van der Waals surface area contributed by atoms with Crippen molar-refractivity contribution in [3.63, 3.8) is 0 Å². The summed E-state index contributed by atoms with van der Waals surface area (Å²) in [6, 6.07) is 10.2. The highest BCUT2D eigenvalue weighted by Crippen LogP contribution is 2.22. The van der Waals surface area contributed by atoms with Crippen LogP contribution in [-0.2, 0) is 6.42 Å². The molecule has 3 rings (SSSR count). The summed E-state index contributed by atoms with van der Waals surface area (Å²) in [5, 5.41) is 14.3. The van der Waals surface area contributed by atoms with Crippen LogP contribution in [0.1, 0.15) is 5.56 Å². The van der Waals surface area contributed by atoms with Gasteiger partial charge in [-0.05, 0) is 24.1 Å². The van der Waals surface area contributed by atoms with Crippen LogP contribution >= 0.6 is 24.8 Å². The van der Waals surface area contributed by atoms with Crippen LogP contribution in [0.2, 0.25) is 0 Å². The van der Waals surface area contributed by atoms with Crippen molar-refractivity contribution in [1.29, 1.82) is 0 Å². The Balaban J connectivity index is 0.000000902. The Morgan fingerprint density at radius 1 is 1.16 bits per heavy atom. The zero-order valence-electron chi connectivity index (χ0n) is 10.5. The summed E-state index contributed by atoms with van der Waals surface area (Å²) in [6.07, 6.45) is 2.55. The van der Waals surface area contributed by atoms with Gasteiger partial charge < -0.3 is 10.4 Å². The van der Waals surface area contributed by atoms with Gasteiger partial charge in [0.05, 0.1) is 11.6 Å². The summed E-state index contributed by atoms with van der Waals surface area (Å²) >= 11 is 0. The number of para-hydroxylation sites is 1. The quantitative estimate of drug-likeness (QED) is 0.894. The van der Waals surface area contributed by atoms with Crippen LogP contribution in [0.25, 0.3) is 10.9 Å². The summed E-state index contributed by atoms with van der Waals surface area (Å²) in [5.74, 6) is 0.320. The van der Waals surface area contributed by atoms with Crippen LogP contribution in [0.4, 0.5) is 0 Å². The average molecular weight is 301 g/mol. The maximum atomic E-state index is 9.84. The minimum Gasteiger partial charge on any atom is -0.391 e. The van der Waals surface area contributed by atoms with Crippen molar-refractivity contribution in [3.8, 4) is 0 Å². The lowest BCUT2D eigenvalue weighted by atomic mass is 9.94. The number of aliphatic hydroxyl groups is 1. The van der Waals surface area contributed by atoms with Gasteiger partial charge in [0, 0.05) is 30.6 Å². The summed E-state index contributed by atoms with van der Waals surface area (Å²) in [6.45, 7) is 1.62. The van der Waals surface area contributed by atoms with Crippen LogP contribution < -0.4 is 5.32 Å². The molecule has 5 heteroatoms. The number of fused-ring (bicyclic) bond motifs is 1. The van der Waals surface area contributed by atoms with E-state index in [1.807, 2.05) is 24.4 Å². The molecule has 2 atom stereocenters. The molecule has 0 saturated carbocycles. The van der Waals surface area contributed by atoms with Gasteiger partial charge in [0.25, 0.3) is 0 Å². The number of benzene rings is 1. The Hall–Kier alpha value is -0.870. The van der Waals surface area contributed by atoms with Crippen molar-refractivity contribution in [1.82, 2.24) is 10.3 Å². The summed E-state index contributed by atoms with van der Waals surface area (Å²) < 4.78 is 0. The van der Waals surface area contributed by atoms with Crippen molar-refractivity contribution in [2.24, 2.45) is 5.92 Å². The number of β-amino-alcohol motifs (C(OH)–C–C–N with tert-alkyl or cyclic N) is 1. The highest BCUT2D eigenvalue weighted by molar-refractivity contribution is 5.85. The number of nitrogens with zero attached hydrogens (tertiary/aromatic N) is 1. The van der Waals surface area contributed by atoms with Gasteiger partial charge in [-0.3, -0.25) is 4.98 Å². The molecule has 2 aromatic rings. The molecular formula is C14H18Cl2N2O. The molecule has 2 heterocycles. The van der Waals surface area contributed by atoms with Gasteiger partial charge in [0.2, 0.25) is 0 Å². The second-order valence-electron chi connectivity index (χ2n) is 4.68. The Kier molecular flexibility index (Phi) is 6.01. The average Bonchev–Trinajstić information content (AvgIpc) is 2.76. The van der Waals surface area contributed by atoms with Crippen molar-refractivity contribution >= 4 is 35.7 Å². The lowest BCUT2D eigenvalue weighted by Crippen LogP contribution is -2.20. The number of hydrogen-bond acceptors (Lipinski definition) is 3. The lowest BCUT2D eigenvalue weighted by molar-refractivity contribution is 0.148. The fourth-order valence-electron chi connectivity index (χ4n) is 2.54. The number of pyridine rings is 1. The van der Waals surface area contributed by atoms with E-state index in [9.17, 15) is 5.11 Å². The molecule has 1 aromatic heterocycles. The maximum absolute atomic E-state index is 9.84. The van der Waals surface area contributed by atoms with E-state index in [2.05, 4.69) is 22.4 Å². The summed E-state index contributed by atoms with van der Waals surface area (Å²) in [7, 11) is 0. The molecule has 3 nitrogen and oxygen atoms in total. The van der Waals surface area contributed by atoms with E-state index in [0.717, 1.165) is 18.5 Å². The van der Waals surface area contributed by atoms with Gasteiger partial charge in [-0.1, -0.05) is 18.2 Å². The molecule has 1 aliphatic heterocycles. The molecule has 19 heavy (non-hydrogen) atoms. The first-order valence-corrected chi connectivity index (χ1v) is 6.06. The highest BCUT2D eigenvalue weighted by Gasteiger charge is 2.25. The van der Waals surface area contributed by atoms with Gasteiger partial charge in [0.1, 0.15) is 0 Å². The smallest absolute Gasteiger partial charge is 0.0708 e. The number of halogens is 2. The number of nitrogens with one attached hydrogen (secondary N) is 1. The van der Waals surface area contributed by atoms with Crippen molar-refractivity contribution in [2.75, 3.05) is 13.1 Å². The fraction of sp³-hybridized carbons (Fsp3) is 0.357. The van der Waals surface area contributed by atoms with E-state index in [1.54, 1.807) is 0 Å². The molecule has 0 unspecified atom stereocenters. The molecule has 1 fully saturated rings. The van der Waals surface area contributed by atoms with E-state index in [4.69, 9.17) is 0 Å². The van der Waals surface area contributed by atoms with E-state index in [1.165, 1.54) is 10.9 Å². The van der Waals surface area contributed by atoms with Crippen LogP contribution in [0.15, 0.2) is 36.5 Å². The van der Waals surface area contributed by atoms with Gasteiger partial charge in [0.15, 0.2) is 0 Å². The molecular weight excluding hydrogens is 283 g/mol. The number of rotatable bonds is 2. The molecule has 1 aromatic carbocycles. The van der Waals surface area contributed by atoms with Gasteiger partial charge in [-0.2, -0.15) is 0 Å². The molecule has 104 valence electrons. The first-order chi connectivity index (χ1) is 8.34. The Labute approximate surface area is 125 Å². The second-order valence-corrected chi connectivity index (χ2v) is 4.68. The van der Waals surface area contributed by atoms with Crippen molar-refractivity contribution in [3.05, 3.63) is 42.1 Å². The Morgan fingerprint density at radius 2 is 1.95 bits per heavy atom. The first kappa shape index (κ1) is 16.2. The molecule has 1 saturated heterocycles. The monoisotopic (exact) mass is 300 g/mol. The summed E-state index contributed by atoms with van der Waals surface area (Å²) in [5.41, 5.74) is 2.31. The maximum Gasteiger partial charge on any atom is 0.0708 e. The number of aliphatic hydroxyl groups excluding tert-OH is 1. The SMILES string of the molecule is Cl.Cl.O[C@@H]1CNC[C@H]1Cc1ccnc2ccccc12. The third-order valence-electron chi connectivity index (χ3n) is 3.53. The van der Waals surface area contributed by atoms with E-state index in [-0.39, 0.29) is 30.9 Å². The van der Waals surface area contributed by atoms with Gasteiger partial charge >= 0.3 is 0 Å². The molecule has 0 radical (unpaired) electrons. The molecule has 0 spiro atoms. The number of aromatic nitrogens is 1. The molecule has 2 N–H and O–H groups in total. The van der Waals surface area contributed by atoms with Crippen molar-refractivity contribution in [2.45, 2.75) is 12.5 Å². The minimum atomic E-state index is -0.220. The predicted molar refractivity (Wildman–Crippen MR) is 82.3 cm³/mol. The molecule has 0 aliphatic carbocycles. The topological polar surface area (TPSA) is 45.1 Å². The second kappa shape index (κ2) is 7.06. The zero-order chi connectivity index (χ0) is 11.7. The third kappa shape index (κ3) is 3.37. The molecule has 1 aliphatic rings.